The zero-order chi connectivity index (χ0) is 15.4. The molecule has 2 rings (SSSR count). The van der Waals surface area contributed by atoms with Crippen LogP contribution in [-0.4, -0.2) is 36.0 Å². The smallest absolute Gasteiger partial charge is 0.225 e. The molecule has 3 nitrogen and oxygen atoms in total. The van der Waals surface area contributed by atoms with Gasteiger partial charge in [0.15, 0.2) is 0 Å². The van der Waals surface area contributed by atoms with E-state index in [0.717, 1.165) is 50.6 Å². The highest BCUT2D eigenvalue weighted by molar-refractivity contribution is 5.79. The molecule has 0 aromatic heterocycles. The van der Waals surface area contributed by atoms with Gasteiger partial charge in [-0.25, -0.2) is 0 Å². The van der Waals surface area contributed by atoms with Crippen LogP contribution < -0.4 is 5.32 Å². The lowest BCUT2D eigenvalue weighted by Crippen LogP contribution is -2.45. The third-order valence-electron chi connectivity index (χ3n) is 5.44. The fourth-order valence-corrected chi connectivity index (χ4v) is 4.02. The second kappa shape index (κ2) is 7.62. The van der Waals surface area contributed by atoms with Crippen molar-refractivity contribution in [1.82, 2.24) is 10.2 Å². The van der Waals surface area contributed by atoms with Crippen LogP contribution in [0, 0.1) is 17.8 Å². The number of hydrogen-bond donors (Lipinski definition) is 1. The van der Waals surface area contributed by atoms with Crippen LogP contribution in [0.4, 0.5) is 0 Å². The molecule has 0 atom stereocenters. The summed E-state index contributed by atoms with van der Waals surface area (Å²) in [7, 11) is 0. The average Bonchev–Trinajstić information content (AvgIpc) is 2.47. The number of amides is 1. The van der Waals surface area contributed by atoms with E-state index in [-0.39, 0.29) is 0 Å². The van der Waals surface area contributed by atoms with Crippen molar-refractivity contribution >= 4 is 5.91 Å². The first-order chi connectivity index (χ1) is 9.97. The minimum absolute atomic E-state index is 0.297. The van der Waals surface area contributed by atoms with Gasteiger partial charge in [0.1, 0.15) is 0 Å². The van der Waals surface area contributed by atoms with E-state index in [1.54, 1.807) is 0 Å². The molecule has 1 saturated carbocycles. The molecule has 1 heterocycles. The molecule has 0 unspecified atom stereocenters. The van der Waals surface area contributed by atoms with Crippen LogP contribution in [0.25, 0.3) is 0 Å². The van der Waals surface area contributed by atoms with Gasteiger partial charge in [-0.2, -0.15) is 0 Å². The van der Waals surface area contributed by atoms with Crippen molar-refractivity contribution in [2.45, 2.75) is 78.3 Å². The van der Waals surface area contributed by atoms with Gasteiger partial charge in [0.05, 0.1) is 0 Å². The van der Waals surface area contributed by atoms with E-state index in [2.05, 4.69) is 37.9 Å². The van der Waals surface area contributed by atoms with Crippen molar-refractivity contribution in [2.24, 2.45) is 17.8 Å². The predicted molar refractivity (Wildman–Crippen MR) is 88.2 cm³/mol. The van der Waals surface area contributed by atoms with E-state index < -0.39 is 0 Å². The first kappa shape index (κ1) is 16.8. The highest BCUT2D eigenvalue weighted by Gasteiger charge is 2.31. The number of carbonyl (C=O) groups excluding carboxylic acids is 1. The summed E-state index contributed by atoms with van der Waals surface area (Å²) in [4.78, 5) is 14.8. The van der Waals surface area contributed by atoms with Gasteiger partial charge in [0, 0.05) is 31.1 Å². The van der Waals surface area contributed by atoms with E-state index in [4.69, 9.17) is 0 Å². The minimum atomic E-state index is 0.297. The highest BCUT2D eigenvalue weighted by atomic mass is 16.2. The normalized spacial score (nSPS) is 28.4. The Morgan fingerprint density at radius 2 is 1.52 bits per heavy atom. The summed E-state index contributed by atoms with van der Waals surface area (Å²) >= 11 is 0. The lowest BCUT2D eigenvalue weighted by molar-refractivity contribution is -0.138. The van der Waals surface area contributed by atoms with E-state index in [1.165, 1.54) is 12.8 Å². The molecule has 3 heteroatoms. The molecule has 0 aromatic carbocycles. The van der Waals surface area contributed by atoms with Crippen molar-refractivity contribution in [3.05, 3.63) is 0 Å². The van der Waals surface area contributed by atoms with Gasteiger partial charge in [-0.15, -0.1) is 0 Å². The van der Waals surface area contributed by atoms with Crippen LogP contribution in [0.15, 0.2) is 0 Å². The van der Waals surface area contributed by atoms with Gasteiger partial charge in [0.25, 0.3) is 0 Å². The quantitative estimate of drug-likeness (QED) is 0.861. The number of carbonyl (C=O) groups is 1. The zero-order valence-corrected chi connectivity index (χ0v) is 14.4. The maximum absolute atomic E-state index is 12.7. The maximum Gasteiger partial charge on any atom is 0.225 e. The molecule has 2 fully saturated rings. The van der Waals surface area contributed by atoms with Crippen LogP contribution in [0.5, 0.6) is 0 Å². The summed E-state index contributed by atoms with van der Waals surface area (Å²) in [5.74, 6) is 2.32. The Bertz CT molecular complexity index is 324. The van der Waals surface area contributed by atoms with Gasteiger partial charge >= 0.3 is 0 Å². The Hall–Kier alpha value is -0.570. The summed E-state index contributed by atoms with van der Waals surface area (Å²) in [6, 6.07) is 1.18. The molecule has 2 aliphatic rings. The monoisotopic (exact) mass is 294 g/mol. The van der Waals surface area contributed by atoms with Gasteiger partial charge < -0.3 is 10.2 Å². The topological polar surface area (TPSA) is 32.3 Å². The maximum atomic E-state index is 12.7. The van der Waals surface area contributed by atoms with E-state index in [1.807, 2.05) is 0 Å². The SMILES string of the molecule is CC(C)NC1CCC(C(=O)N2CCC(C(C)C)CC2)CC1. The van der Waals surface area contributed by atoms with Crippen LogP contribution in [-0.2, 0) is 4.79 Å². The highest BCUT2D eigenvalue weighted by Crippen LogP contribution is 2.29. The zero-order valence-electron chi connectivity index (χ0n) is 14.4. The van der Waals surface area contributed by atoms with Crippen molar-refractivity contribution < 1.29 is 4.79 Å². The van der Waals surface area contributed by atoms with Crippen LogP contribution in [0.1, 0.15) is 66.2 Å². The van der Waals surface area contributed by atoms with E-state index >= 15 is 0 Å². The number of nitrogens with zero attached hydrogens (tertiary/aromatic N) is 1. The molecule has 1 amide bonds. The van der Waals surface area contributed by atoms with Crippen molar-refractivity contribution in [1.29, 1.82) is 0 Å². The third-order valence-corrected chi connectivity index (χ3v) is 5.44. The van der Waals surface area contributed by atoms with Crippen LogP contribution in [0.3, 0.4) is 0 Å². The first-order valence-corrected chi connectivity index (χ1v) is 9.02. The van der Waals surface area contributed by atoms with E-state index in [0.29, 0.717) is 23.9 Å². The van der Waals surface area contributed by atoms with Crippen LogP contribution in [0.2, 0.25) is 0 Å². The Morgan fingerprint density at radius 1 is 0.952 bits per heavy atom. The molecule has 1 aliphatic carbocycles. The summed E-state index contributed by atoms with van der Waals surface area (Å²) in [6.45, 7) is 11.0. The number of rotatable bonds is 4. The Kier molecular flexibility index (Phi) is 6.09. The second-order valence-electron chi connectivity index (χ2n) is 7.78. The molecular weight excluding hydrogens is 260 g/mol. The summed E-state index contributed by atoms with van der Waals surface area (Å²) in [6.07, 6.45) is 6.88. The summed E-state index contributed by atoms with van der Waals surface area (Å²) < 4.78 is 0. The third kappa shape index (κ3) is 4.70. The van der Waals surface area contributed by atoms with E-state index in [9.17, 15) is 4.79 Å². The van der Waals surface area contributed by atoms with Crippen LogP contribution >= 0.6 is 0 Å². The van der Waals surface area contributed by atoms with Crippen molar-refractivity contribution in [2.75, 3.05) is 13.1 Å². The molecule has 0 bridgehead atoms. The molecular formula is C18H34N2O. The average molecular weight is 294 g/mol. The number of nitrogens with one attached hydrogen (secondary N) is 1. The fraction of sp³-hybridized carbons (Fsp3) is 0.944. The lowest BCUT2D eigenvalue weighted by Gasteiger charge is -2.37. The number of likely N-dealkylation sites (tertiary alicyclic amines) is 1. The molecule has 1 N–H and O–H groups in total. The van der Waals surface area contributed by atoms with Gasteiger partial charge in [-0.05, 0) is 50.4 Å². The largest absolute Gasteiger partial charge is 0.342 e. The van der Waals surface area contributed by atoms with Gasteiger partial charge in [0.2, 0.25) is 5.91 Å². The minimum Gasteiger partial charge on any atom is -0.342 e. The lowest BCUT2D eigenvalue weighted by atomic mass is 9.83. The Labute approximate surface area is 130 Å². The fourth-order valence-electron chi connectivity index (χ4n) is 4.02. The number of hydrogen-bond acceptors (Lipinski definition) is 2. The van der Waals surface area contributed by atoms with Gasteiger partial charge in [-0.3, -0.25) is 4.79 Å². The molecule has 0 radical (unpaired) electrons. The summed E-state index contributed by atoms with van der Waals surface area (Å²) in [5.41, 5.74) is 0. The standard InChI is InChI=1S/C18H34N2O/c1-13(2)15-9-11-20(12-10-15)18(21)16-5-7-17(8-6-16)19-14(3)4/h13-17,19H,5-12H2,1-4H3. The molecule has 0 spiro atoms. The number of piperidine rings is 1. The molecule has 122 valence electrons. The van der Waals surface area contributed by atoms with Crippen molar-refractivity contribution in [3.8, 4) is 0 Å². The summed E-state index contributed by atoms with van der Waals surface area (Å²) in [5, 5.41) is 3.61. The molecule has 1 aliphatic heterocycles. The molecule has 0 aromatic rings. The Balaban J connectivity index is 1.75. The van der Waals surface area contributed by atoms with Crippen molar-refractivity contribution in [3.63, 3.8) is 0 Å². The molecule has 1 saturated heterocycles. The Morgan fingerprint density at radius 3 is 2.00 bits per heavy atom. The first-order valence-electron chi connectivity index (χ1n) is 9.02. The second-order valence-corrected chi connectivity index (χ2v) is 7.78. The predicted octanol–water partition coefficient (Wildman–Crippen LogP) is 3.44. The molecule has 21 heavy (non-hydrogen) atoms. The van der Waals surface area contributed by atoms with Gasteiger partial charge in [-0.1, -0.05) is 27.7 Å².